The highest BCUT2D eigenvalue weighted by atomic mass is 32.2. The van der Waals surface area contributed by atoms with Crippen LogP contribution >= 0.6 is 0 Å². The Kier molecular flexibility index (Phi) is 8.32. The SMILES string of the molecule is O=C(O)CCn1c2c(c3ccccc31)C[C@H](NS(=O)(=O)c1ccc(F)cc1)CC2.O=C(O)c1ccccc1O. The van der Waals surface area contributed by atoms with Crippen molar-refractivity contribution < 1.29 is 37.7 Å². The maximum Gasteiger partial charge on any atom is 0.339 e. The molecule has 0 spiro atoms. The summed E-state index contributed by atoms with van der Waals surface area (Å²) in [6.07, 6.45) is 1.82. The molecule has 4 aromatic rings. The maximum absolute atomic E-state index is 13.1. The number of aryl methyl sites for hydroxylation is 1. The van der Waals surface area contributed by atoms with Gasteiger partial charge in [-0.05, 0) is 67.3 Å². The zero-order chi connectivity index (χ0) is 28.2. The summed E-state index contributed by atoms with van der Waals surface area (Å²) in [4.78, 5) is 21.3. The Labute approximate surface area is 224 Å². The van der Waals surface area contributed by atoms with Crippen molar-refractivity contribution in [2.24, 2.45) is 0 Å². The highest BCUT2D eigenvalue weighted by Gasteiger charge is 2.28. The molecule has 9 nitrogen and oxygen atoms in total. The first kappa shape index (κ1) is 27.8. The summed E-state index contributed by atoms with van der Waals surface area (Å²) in [5, 5.41) is 27.4. The molecular weight excluding hydrogens is 527 g/mol. The number of phenols is 1. The van der Waals surface area contributed by atoms with Gasteiger partial charge in [0, 0.05) is 29.2 Å². The smallest absolute Gasteiger partial charge is 0.339 e. The Bertz CT molecular complexity index is 1610. The Hall–Kier alpha value is -4.22. The van der Waals surface area contributed by atoms with Gasteiger partial charge in [-0.3, -0.25) is 4.79 Å². The van der Waals surface area contributed by atoms with Gasteiger partial charge in [0.05, 0.1) is 11.3 Å². The minimum Gasteiger partial charge on any atom is -0.507 e. The van der Waals surface area contributed by atoms with Crippen LogP contribution in [0.1, 0.15) is 34.5 Å². The van der Waals surface area contributed by atoms with Gasteiger partial charge in [-0.2, -0.15) is 0 Å². The minimum atomic E-state index is -3.75. The van der Waals surface area contributed by atoms with Crippen LogP contribution < -0.4 is 4.72 Å². The largest absolute Gasteiger partial charge is 0.507 e. The van der Waals surface area contributed by atoms with E-state index in [1.165, 1.54) is 24.3 Å². The molecule has 204 valence electrons. The van der Waals surface area contributed by atoms with E-state index in [0.29, 0.717) is 25.8 Å². The van der Waals surface area contributed by atoms with Crippen LogP contribution in [0.5, 0.6) is 5.75 Å². The van der Waals surface area contributed by atoms with E-state index in [2.05, 4.69) is 4.72 Å². The van der Waals surface area contributed by atoms with E-state index in [1.54, 1.807) is 12.1 Å². The van der Waals surface area contributed by atoms with Gasteiger partial charge >= 0.3 is 11.9 Å². The lowest BCUT2D eigenvalue weighted by atomic mass is 9.92. The lowest BCUT2D eigenvalue weighted by molar-refractivity contribution is -0.137. The van der Waals surface area contributed by atoms with Gasteiger partial charge in [-0.15, -0.1) is 0 Å². The van der Waals surface area contributed by atoms with Crippen molar-refractivity contribution in [2.75, 3.05) is 0 Å². The van der Waals surface area contributed by atoms with E-state index in [0.717, 1.165) is 34.3 Å². The summed E-state index contributed by atoms with van der Waals surface area (Å²) >= 11 is 0. The average Bonchev–Trinajstić information content (AvgIpc) is 3.21. The van der Waals surface area contributed by atoms with E-state index in [1.807, 2.05) is 28.8 Å². The lowest BCUT2D eigenvalue weighted by Crippen LogP contribution is -2.39. The second-order valence-corrected chi connectivity index (χ2v) is 10.8. The summed E-state index contributed by atoms with van der Waals surface area (Å²) in [7, 11) is -3.75. The third-order valence-electron chi connectivity index (χ3n) is 6.50. The zero-order valence-electron chi connectivity index (χ0n) is 20.7. The number of carboxylic acid groups (broad SMARTS) is 2. The fourth-order valence-electron chi connectivity index (χ4n) is 4.72. The molecule has 11 heteroatoms. The Morgan fingerprint density at radius 2 is 1.64 bits per heavy atom. The zero-order valence-corrected chi connectivity index (χ0v) is 21.6. The Balaban J connectivity index is 0.000000298. The number of aromatic hydroxyl groups is 1. The molecule has 3 aromatic carbocycles. The summed E-state index contributed by atoms with van der Waals surface area (Å²) in [6, 6.07) is 18.1. The minimum absolute atomic E-state index is 0.0335. The predicted molar refractivity (Wildman–Crippen MR) is 142 cm³/mol. The number of para-hydroxylation sites is 2. The molecule has 0 saturated heterocycles. The first-order chi connectivity index (χ1) is 18.6. The molecule has 0 amide bonds. The Morgan fingerprint density at radius 1 is 0.974 bits per heavy atom. The lowest BCUT2D eigenvalue weighted by Gasteiger charge is -2.25. The quantitative estimate of drug-likeness (QED) is 0.268. The van der Waals surface area contributed by atoms with Crippen molar-refractivity contribution in [3.05, 3.63) is 95.4 Å². The van der Waals surface area contributed by atoms with Crippen LogP contribution in [0.15, 0.2) is 77.7 Å². The number of sulfonamides is 1. The molecule has 0 saturated carbocycles. The van der Waals surface area contributed by atoms with E-state index in [4.69, 9.17) is 15.3 Å². The van der Waals surface area contributed by atoms with Gasteiger partial charge in [0.1, 0.15) is 17.1 Å². The highest BCUT2D eigenvalue weighted by molar-refractivity contribution is 7.89. The molecule has 1 aromatic heterocycles. The molecule has 1 aliphatic rings. The number of hydrogen-bond donors (Lipinski definition) is 4. The highest BCUT2D eigenvalue weighted by Crippen LogP contribution is 2.33. The number of benzene rings is 3. The summed E-state index contributed by atoms with van der Waals surface area (Å²) in [5.41, 5.74) is 3.04. The van der Waals surface area contributed by atoms with E-state index < -0.39 is 27.8 Å². The number of nitrogens with zero attached hydrogens (tertiary/aromatic N) is 1. The van der Waals surface area contributed by atoms with Crippen LogP contribution in [-0.2, 0) is 34.2 Å². The van der Waals surface area contributed by atoms with Gasteiger partial charge in [0.15, 0.2) is 0 Å². The summed E-state index contributed by atoms with van der Waals surface area (Å²) in [6.45, 7) is 0.386. The van der Waals surface area contributed by atoms with Crippen molar-refractivity contribution in [3.63, 3.8) is 0 Å². The molecular formula is C28H27FN2O7S. The van der Waals surface area contributed by atoms with Crippen molar-refractivity contribution in [2.45, 2.75) is 43.2 Å². The van der Waals surface area contributed by atoms with Gasteiger partial charge in [0.25, 0.3) is 0 Å². The fourth-order valence-corrected chi connectivity index (χ4v) is 5.99. The molecule has 0 bridgehead atoms. The van der Waals surface area contributed by atoms with E-state index in [-0.39, 0.29) is 28.7 Å². The third kappa shape index (κ3) is 6.44. The number of rotatable bonds is 7. The molecule has 4 N–H and O–H groups in total. The number of aromatic nitrogens is 1. The molecule has 0 fully saturated rings. The average molecular weight is 555 g/mol. The van der Waals surface area contributed by atoms with E-state index >= 15 is 0 Å². The molecule has 5 rings (SSSR count). The maximum atomic E-state index is 13.1. The number of aliphatic carboxylic acids is 1. The number of carbonyl (C=O) groups is 2. The van der Waals surface area contributed by atoms with Crippen LogP contribution in [-0.4, -0.2) is 46.3 Å². The first-order valence-electron chi connectivity index (χ1n) is 12.2. The number of nitrogens with one attached hydrogen (secondary N) is 1. The number of fused-ring (bicyclic) bond motifs is 3. The molecule has 1 aliphatic carbocycles. The van der Waals surface area contributed by atoms with Crippen molar-refractivity contribution in [1.29, 1.82) is 0 Å². The number of halogens is 1. The normalized spacial score (nSPS) is 14.7. The summed E-state index contributed by atoms with van der Waals surface area (Å²) < 4.78 is 43.2. The molecule has 1 atom stereocenters. The first-order valence-corrected chi connectivity index (χ1v) is 13.6. The topological polar surface area (TPSA) is 146 Å². The predicted octanol–water partition coefficient (Wildman–Crippen LogP) is 4.18. The van der Waals surface area contributed by atoms with Gasteiger partial charge in [-0.1, -0.05) is 30.3 Å². The number of hydrogen-bond acceptors (Lipinski definition) is 5. The van der Waals surface area contributed by atoms with Crippen molar-refractivity contribution >= 4 is 32.9 Å². The molecule has 0 aliphatic heterocycles. The fraction of sp³-hybridized carbons (Fsp3) is 0.214. The standard InChI is InChI=1S/C21H21FN2O4S.C7H6O3/c22-14-5-8-16(9-6-14)29(27,28)23-15-7-10-20-18(13-15)17-3-1-2-4-19(17)24(20)12-11-21(25)26;8-6-4-2-1-3-5(6)7(9)10/h1-6,8-9,15,23H,7,10-13H2,(H,25,26);1-4,8H,(H,9,10)/t15-;/m1./s1. The van der Waals surface area contributed by atoms with Gasteiger partial charge < -0.3 is 19.9 Å². The monoisotopic (exact) mass is 554 g/mol. The van der Waals surface area contributed by atoms with Crippen LogP contribution in [0.3, 0.4) is 0 Å². The molecule has 1 heterocycles. The van der Waals surface area contributed by atoms with Crippen LogP contribution in [0.4, 0.5) is 4.39 Å². The molecule has 0 radical (unpaired) electrons. The van der Waals surface area contributed by atoms with Crippen LogP contribution in [0, 0.1) is 5.82 Å². The second kappa shape index (κ2) is 11.7. The Morgan fingerprint density at radius 3 is 2.28 bits per heavy atom. The van der Waals surface area contributed by atoms with Crippen LogP contribution in [0.25, 0.3) is 10.9 Å². The summed E-state index contributed by atoms with van der Waals surface area (Å²) in [5.74, 6) is -2.65. The molecule has 0 unspecified atom stereocenters. The van der Waals surface area contributed by atoms with Gasteiger partial charge in [0.2, 0.25) is 10.0 Å². The van der Waals surface area contributed by atoms with Crippen molar-refractivity contribution in [1.82, 2.24) is 9.29 Å². The van der Waals surface area contributed by atoms with Gasteiger partial charge in [-0.25, -0.2) is 22.3 Å². The second-order valence-electron chi connectivity index (χ2n) is 9.08. The number of carboxylic acids is 2. The van der Waals surface area contributed by atoms with E-state index in [9.17, 15) is 22.4 Å². The molecule has 39 heavy (non-hydrogen) atoms. The third-order valence-corrected chi connectivity index (χ3v) is 8.04. The number of aromatic carboxylic acids is 1. The van der Waals surface area contributed by atoms with Crippen LogP contribution in [0.2, 0.25) is 0 Å². The van der Waals surface area contributed by atoms with Crippen molar-refractivity contribution in [3.8, 4) is 5.75 Å².